The van der Waals surface area contributed by atoms with Crippen LogP contribution in [0.1, 0.15) is 36.9 Å². The number of ether oxygens (including phenoxy) is 1. The normalized spacial score (nSPS) is 23.3. The summed E-state index contributed by atoms with van der Waals surface area (Å²) in [6, 6.07) is 11.8. The molecule has 0 aliphatic heterocycles. The number of rotatable bonds is 6. The zero-order chi connectivity index (χ0) is 14.5. The van der Waals surface area contributed by atoms with Crippen LogP contribution in [0.4, 0.5) is 0 Å². The first-order valence-electron chi connectivity index (χ1n) is 7.66. The number of hydrogen-bond donors (Lipinski definition) is 1. The molecule has 3 unspecified atom stereocenters. The Hall–Kier alpha value is -1.65. The van der Waals surface area contributed by atoms with Gasteiger partial charge in [0.15, 0.2) is 0 Å². The van der Waals surface area contributed by atoms with Crippen molar-refractivity contribution in [2.45, 2.75) is 37.4 Å². The fraction of sp³-hybridized carbons (Fsp3) is 0.471. The summed E-state index contributed by atoms with van der Waals surface area (Å²) in [5.41, 5.74) is 1.29. The van der Waals surface area contributed by atoms with E-state index in [1.807, 2.05) is 12.5 Å². The summed E-state index contributed by atoms with van der Waals surface area (Å²) in [4.78, 5) is 4.19. The Labute approximate surface area is 126 Å². The molecule has 1 heterocycles. The van der Waals surface area contributed by atoms with Gasteiger partial charge in [-0.2, -0.15) is 0 Å². The van der Waals surface area contributed by atoms with E-state index in [2.05, 4.69) is 51.4 Å². The van der Waals surface area contributed by atoms with Crippen LogP contribution in [0.3, 0.4) is 0 Å². The maximum absolute atomic E-state index is 5.41. The molecule has 1 saturated carbocycles. The molecule has 1 aliphatic carbocycles. The summed E-state index contributed by atoms with van der Waals surface area (Å²) in [6.07, 6.45) is 9.53. The molecule has 3 atom stereocenters. The van der Waals surface area contributed by atoms with Crippen molar-refractivity contribution in [2.75, 3.05) is 13.7 Å². The maximum atomic E-state index is 5.41. The zero-order valence-corrected chi connectivity index (χ0v) is 12.5. The highest BCUT2D eigenvalue weighted by molar-refractivity contribution is 5.19. The average Bonchev–Trinajstić information content (AvgIpc) is 3.18. The first-order chi connectivity index (χ1) is 10.4. The van der Waals surface area contributed by atoms with Crippen LogP contribution in [0.2, 0.25) is 0 Å². The number of benzene rings is 1. The standard InChI is InChI=1S/C17H23N3O/c1-21-12-16(14-6-3-2-4-7-14)19-15-8-5-9-17(15)20-11-10-18-13-20/h2-4,6-7,10-11,13,15-17,19H,5,8-9,12H2,1H3. The summed E-state index contributed by atoms with van der Waals surface area (Å²) < 4.78 is 7.65. The predicted octanol–water partition coefficient (Wildman–Crippen LogP) is 2.95. The predicted molar refractivity (Wildman–Crippen MR) is 83.1 cm³/mol. The highest BCUT2D eigenvalue weighted by Crippen LogP contribution is 2.31. The highest BCUT2D eigenvalue weighted by atomic mass is 16.5. The van der Waals surface area contributed by atoms with Crippen molar-refractivity contribution >= 4 is 0 Å². The number of methoxy groups -OCH3 is 1. The Morgan fingerprint density at radius 3 is 2.90 bits per heavy atom. The van der Waals surface area contributed by atoms with E-state index in [1.165, 1.54) is 24.8 Å². The molecule has 0 radical (unpaired) electrons. The van der Waals surface area contributed by atoms with E-state index in [9.17, 15) is 0 Å². The van der Waals surface area contributed by atoms with Gasteiger partial charge in [-0.15, -0.1) is 0 Å². The van der Waals surface area contributed by atoms with E-state index >= 15 is 0 Å². The Balaban J connectivity index is 1.73. The monoisotopic (exact) mass is 285 g/mol. The molecule has 1 aliphatic rings. The lowest BCUT2D eigenvalue weighted by molar-refractivity contribution is 0.157. The van der Waals surface area contributed by atoms with Crippen molar-refractivity contribution in [1.82, 2.24) is 14.9 Å². The largest absolute Gasteiger partial charge is 0.383 e. The summed E-state index contributed by atoms with van der Waals surface area (Å²) in [5.74, 6) is 0. The van der Waals surface area contributed by atoms with E-state index in [1.54, 1.807) is 7.11 Å². The fourth-order valence-corrected chi connectivity index (χ4v) is 3.31. The van der Waals surface area contributed by atoms with Crippen molar-refractivity contribution in [2.24, 2.45) is 0 Å². The van der Waals surface area contributed by atoms with Gasteiger partial charge in [-0.25, -0.2) is 4.98 Å². The molecule has 1 fully saturated rings. The first-order valence-corrected chi connectivity index (χ1v) is 7.66. The quantitative estimate of drug-likeness (QED) is 0.887. The number of nitrogens with zero attached hydrogens (tertiary/aromatic N) is 2. The van der Waals surface area contributed by atoms with Crippen molar-refractivity contribution in [3.63, 3.8) is 0 Å². The molecule has 1 aromatic heterocycles. The summed E-state index contributed by atoms with van der Waals surface area (Å²) in [5, 5.41) is 3.80. The van der Waals surface area contributed by atoms with Crippen LogP contribution in [-0.2, 0) is 4.74 Å². The molecular weight excluding hydrogens is 262 g/mol. The minimum Gasteiger partial charge on any atom is -0.383 e. The van der Waals surface area contributed by atoms with E-state index < -0.39 is 0 Å². The molecule has 0 amide bonds. The summed E-state index contributed by atoms with van der Waals surface area (Å²) in [6.45, 7) is 0.692. The van der Waals surface area contributed by atoms with Gasteiger partial charge in [-0.3, -0.25) is 0 Å². The van der Waals surface area contributed by atoms with Crippen molar-refractivity contribution in [1.29, 1.82) is 0 Å². The molecule has 0 spiro atoms. The van der Waals surface area contributed by atoms with Crippen LogP contribution < -0.4 is 5.32 Å². The molecule has 3 rings (SSSR count). The third kappa shape index (κ3) is 3.34. The summed E-state index contributed by atoms with van der Waals surface area (Å²) >= 11 is 0. The second-order valence-electron chi connectivity index (χ2n) is 5.70. The summed E-state index contributed by atoms with van der Waals surface area (Å²) in [7, 11) is 1.76. The van der Waals surface area contributed by atoms with Gasteiger partial charge in [0.2, 0.25) is 0 Å². The molecule has 1 aromatic carbocycles. The van der Waals surface area contributed by atoms with Crippen LogP contribution in [0.15, 0.2) is 49.1 Å². The molecule has 21 heavy (non-hydrogen) atoms. The molecule has 1 N–H and O–H groups in total. The zero-order valence-electron chi connectivity index (χ0n) is 12.5. The Bertz CT molecular complexity index is 526. The third-order valence-electron chi connectivity index (χ3n) is 4.34. The van der Waals surface area contributed by atoms with E-state index in [0.29, 0.717) is 18.7 Å². The molecule has 112 valence electrons. The molecule has 4 heteroatoms. The second-order valence-corrected chi connectivity index (χ2v) is 5.70. The van der Waals surface area contributed by atoms with Gasteiger partial charge in [0.25, 0.3) is 0 Å². The van der Waals surface area contributed by atoms with Gasteiger partial charge >= 0.3 is 0 Å². The van der Waals surface area contributed by atoms with Gasteiger partial charge in [-0.1, -0.05) is 30.3 Å². The Kier molecular flexibility index (Phi) is 4.68. The molecule has 0 bridgehead atoms. The lowest BCUT2D eigenvalue weighted by atomic mass is 10.0. The number of imidazole rings is 1. The average molecular weight is 285 g/mol. The number of nitrogens with one attached hydrogen (secondary N) is 1. The van der Waals surface area contributed by atoms with Gasteiger partial charge in [0.05, 0.1) is 19.0 Å². The SMILES string of the molecule is COCC(NC1CCCC1n1ccnc1)c1ccccc1. The van der Waals surface area contributed by atoms with Gasteiger partial charge < -0.3 is 14.6 Å². The molecule has 4 nitrogen and oxygen atoms in total. The molecular formula is C17H23N3O. The second kappa shape index (κ2) is 6.87. The highest BCUT2D eigenvalue weighted by Gasteiger charge is 2.30. The van der Waals surface area contributed by atoms with Crippen LogP contribution in [0, 0.1) is 0 Å². The first kappa shape index (κ1) is 14.3. The van der Waals surface area contributed by atoms with Crippen molar-refractivity contribution < 1.29 is 4.74 Å². The van der Waals surface area contributed by atoms with E-state index in [0.717, 1.165) is 0 Å². The minimum absolute atomic E-state index is 0.241. The molecule has 2 aromatic rings. The van der Waals surface area contributed by atoms with Crippen LogP contribution in [-0.4, -0.2) is 29.3 Å². The molecule has 0 saturated heterocycles. The Morgan fingerprint density at radius 2 is 2.19 bits per heavy atom. The van der Waals surface area contributed by atoms with E-state index in [-0.39, 0.29) is 6.04 Å². The van der Waals surface area contributed by atoms with Crippen LogP contribution in [0.25, 0.3) is 0 Å². The van der Waals surface area contributed by atoms with Crippen molar-refractivity contribution in [3.8, 4) is 0 Å². The third-order valence-corrected chi connectivity index (χ3v) is 4.34. The Morgan fingerprint density at radius 1 is 1.33 bits per heavy atom. The number of aromatic nitrogens is 2. The van der Waals surface area contributed by atoms with Crippen LogP contribution >= 0.6 is 0 Å². The number of hydrogen-bond acceptors (Lipinski definition) is 3. The van der Waals surface area contributed by atoms with Gasteiger partial charge in [0, 0.05) is 31.6 Å². The maximum Gasteiger partial charge on any atom is 0.0949 e. The van der Waals surface area contributed by atoms with Gasteiger partial charge in [-0.05, 0) is 24.8 Å². The van der Waals surface area contributed by atoms with Crippen LogP contribution in [0.5, 0.6) is 0 Å². The smallest absolute Gasteiger partial charge is 0.0949 e. The lowest BCUT2D eigenvalue weighted by Gasteiger charge is -2.28. The minimum atomic E-state index is 0.241. The van der Waals surface area contributed by atoms with Crippen molar-refractivity contribution in [3.05, 3.63) is 54.6 Å². The topological polar surface area (TPSA) is 39.1 Å². The fourth-order valence-electron chi connectivity index (χ4n) is 3.31. The van der Waals surface area contributed by atoms with E-state index in [4.69, 9.17) is 4.74 Å². The van der Waals surface area contributed by atoms with Gasteiger partial charge in [0.1, 0.15) is 0 Å². The lowest BCUT2D eigenvalue weighted by Crippen LogP contribution is -2.38.